The van der Waals surface area contributed by atoms with E-state index >= 15 is 0 Å². The molecule has 0 fully saturated rings. The van der Waals surface area contributed by atoms with Crippen LogP contribution in [-0.4, -0.2) is 22.7 Å². The molecule has 7 heteroatoms. The molecule has 0 amide bonds. The first-order valence-electron chi connectivity index (χ1n) is 5.95. The van der Waals surface area contributed by atoms with Crippen LogP contribution in [0.2, 0.25) is 0 Å². The van der Waals surface area contributed by atoms with Gasteiger partial charge in [0.25, 0.3) is 0 Å². The molecule has 0 saturated heterocycles. The lowest BCUT2D eigenvalue weighted by molar-refractivity contribution is -0.159. The van der Waals surface area contributed by atoms with Gasteiger partial charge in [-0.3, -0.25) is 4.79 Å². The molecule has 0 unspecified atom stereocenters. The number of nitrogens with zero attached hydrogens (tertiary/aromatic N) is 3. The predicted octanol–water partition coefficient (Wildman–Crippen LogP) is 3.50. The van der Waals surface area contributed by atoms with Gasteiger partial charge in [0.15, 0.2) is 6.04 Å². The summed E-state index contributed by atoms with van der Waals surface area (Å²) in [5, 5.41) is 13.6. The second-order valence-electron chi connectivity index (χ2n) is 5.18. The van der Waals surface area contributed by atoms with Crippen molar-refractivity contribution in [2.45, 2.75) is 38.5 Å². The summed E-state index contributed by atoms with van der Waals surface area (Å²) in [6, 6.07) is 5.46. The third-order valence-electron chi connectivity index (χ3n) is 2.31. The minimum absolute atomic E-state index is 0.461. The van der Waals surface area contributed by atoms with Crippen molar-refractivity contribution >= 4 is 21.9 Å². The van der Waals surface area contributed by atoms with E-state index in [0.29, 0.717) is 5.56 Å². The lowest BCUT2D eigenvalue weighted by atomic mass is 10.0. The Morgan fingerprint density at radius 3 is 2.65 bits per heavy atom. The van der Waals surface area contributed by atoms with Gasteiger partial charge in [0.1, 0.15) is 5.60 Å². The third-order valence-corrected chi connectivity index (χ3v) is 2.81. The van der Waals surface area contributed by atoms with Gasteiger partial charge in [-0.25, -0.2) is 0 Å². The maximum atomic E-state index is 12.0. The van der Waals surface area contributed by atoms with Crippen LogP contribution in [0, 0.1) is 0 Å². The molecule has 0 aliphatic rings. The molecule has 1 N–H and O–H groups in total. The maximum absolute atomic E-state index is 12.0. The van der Waals surface area contributed by atoms with Crippen LogP contribution in [0.4, 0.5) is 0 Å². The number of carbonyl (C=O) groups is 1. The van der Waals surface area contributed by atoms with E-state index in [0.717, 1.165) is 4.47 Å². The summed E-state index contributed by atoms with van der Waals surface area (Å²) in [5.74, 6) is -0.761. The molecule has 0 aromatic heterocycles. The summed E-state index contributed by atoms with van der Waals surface area (Å²) in [6.07, 6.45) is -1.27. The second-order valence-corrected chi connectivity index (χ2v) is 6.10. The molecule has 0 spiro atoms. The average molecular weight is 342 g/mol. The van der Waals surface area contributed by atoms with Gasteiger partial charge >= 0.3 is 5.97 Å². The summed E-state index contributed by atoms with van der Waals surface area (Å²) in [7, 11) is 0. The second kappa shape index (κ2) is 6.74. The van der Waals surface area contributed by atoms with Gasteiger partial charge in [0.05, 0.1) is 6.10 Å². The van der Waals surface area contributed by atoms with Gasteiger partial charge in [0, 0.05) is 9.38 Å². The molecule has 0 aliphatic carbocycles. The number of azide groups is 1. The van der Waals surface area contributed by atoms with Crippen LogP contribution < -0.4 is 0 Å². The van der Waals surface area contributed by atoms with E-state index < -0.39 is 23.7 Å². The summed E-state index contributed by atoms with van der Waals surface area (Å²) < 4.78 is 5.90. The van der Waals surface area contributed by atoms with E-state index in [-0.39, 0.29) is 0 Å². The Morgan fingerprint density at radius 1 is 1.50 bits per heavy atom. The zero-order chi connectivity index (χ0) is 15.3. The quantitative estimate of drug-likeness (QED) is 0.392. The van der Waals surface area contributed by atoms with E-state index in [1.165, 1.54) is 0 Å². The number of benzene rings is 1. The van der Waals surface area contributed by atoms with Crippen LogP contribution in [0.3, 0.4) is 0 Å². The zero-order valence-corrected chi connectivity index (χ0v) is 13.0. The molecule has 108 valence electrons. The Hall–Kier alpha value is -1.56. The van der Waals surface area contributed by atoms with Crippen LogP contribution in [0.25, 0.3) is 10.4 Å². The smallest absolute Gasteiger partial charge is 0.318 e. The molecular weight excluding hydrogens is 326 g/mol. The fourth-order valence-electron chi connectivity index (χ4n) is 1.53. The van der Waals surface area contributed by atoms with Gasteiger partial charge in [0.2, 0.25) is 0 Å². The fourth-order valence-corrected chi connectivity index (χ4v) is 1.95. The van der Waals surface area contributed by atoms with Crippen molar-refractivity contribution in [3.63, 3.8) is 0 Å². The number of hydrogen-bond donors (Lipinski definition) is 1. The number of halogens is 1. The van der Waals surface area contributed by atoms with Crippen molar-refractivity contribution < 1.29 is 14.6 Å². The van der Waals surface area contributed by atoms with Crippen LogP contribution in [0.5, 0.6) is 0 Å². The molecule has 0 saturated carbocycles. The van der Waals surface area contributed by atoms with E-state index in [1.807, 2.05) is 0 Å². The van der Waals surface area contributed by atoms with Gasteiger partial charge < -0.3 is 9.84 Å². The van der Waals surface area contributed by atoms with E-state index in [9.17, 15) is 9.90 Å². The van der Waals surface area contributed by atoms with E-state index in [2.05, 4.69) is 26.0 Å². The highest BCUT2D eigenvalue weighted by Crippen LogP contribution is 2.24. The summed E-state index contributed by atoms with van der Waals surface area (Å²) in [6.45, 7) is 5.09. The number of carbonyl (C=O) groups excluding carboxylic acids is 1. The SMILES string of the molecule is CC(C)(C)OC(=O)[C@H](N=[N+]=[N-])[C@@H](O)c1cccc(Br)c1. The molecule has 1 rings (SSSR count). The predicted molar refractivity (Wildman–Crippen MR) is 77.9 cm³/mol. The Morgan fingerprint density at radius 2 is 2.15 bits per heavy atom. The van der Waals surface area contributed by atoms with Crippen molar-refractivity contribution in [1.82, 2.24) is 0 Å². The Kier molecular flexibility index (Phi) is 5.56. The Bertz CT molecular complexity index is 536. The van der Waals surface area contributed by atoms with Gasteiger partial charge in [-0.1, -0.05) is 33.2 Å². The molecule has 0 radical (unpaired) electrons. The van der Waals surface area contributed by atoms with Gasteiger partial charge in [-0.15, -0.1) is 0 Å². The molecule has 0 heterocycles. The maximum Gasteiger partial charge on any atom is 0.318 e. The molecule has 0 bridgehead atoms. The number of hydrogen-bond acceptors (Lipinski definition) is 4. The first kappa shape index (κ1) is 16.5. The van der Waals surface area contributed by atoms with Crippen LogP contribution in [0.1, 0.15) is 32.4 Å². The van der Waals surface area contributed by atoms with Crippen LogP contribution in [-0.2, 0) is 9.53 Å². The molecule has 2 atom stereocenters. The summed E-state index contributed by atoms with van der Waals surface area (Å²) >= 11 is 3.27. The molecule has 0 aliphatic heterocycles. The molecule has 1 aromatic rings. The monoisotopic (exact) mass is 341 g/mol. The highest BCUT2D eigenvalue weighted by molar-refractivity contribution is 9.10. The largest absolute Gasteiger partial charge is 0.460 e. The zero-order valence-electron chi connectivity index (χ0n) is 11.4. The topological polar surface area (TPSA) is 95.3 Å². The summed E-state index contributed by atoms with van der Waals surface area (Å²) in [4.78, 5) is 14.6. The van der Waals surface area contributed by atoms with Crippen molar-refractivity contribution in [2.75, 3.05) is 0 Å². The molecular formula is C13H16BrN3O3. The Labute approximate surface area is 125 Å². The highest BCUT2D eigenvalue weighted by Gasteiger charge is 2.31. The Balaban J connectivity index is 3.02. The lowest BCUT2D eigenvalue weighted by Gasteiger charge is -2.24. The minimum Gasteiger partial charge on any atom is -0.460 e. The number of rotatable bonds is 4. The fraction of sp³-hybridized carbons (Fsp3) is 0.462. The van der Waals surface area contributed by atoms with Crippen molar-refractivity contribution in [3.05, 3.63) is 44.7 Å². The van der Waals surface area contributed by atoms with E-state index in [1.54, 1.807) is 45.0 Å². The van der Waals surface area contributed by atoms with Gasteiger partial charge in [-0.2, -0.15) is 0 Å². The third kappa shape index (κ3) is 4.85. The molecule has 6 nitrogen and oxygen atoms in total. The number of ether oxygens (including phenoxy) is 1. The first-order chi connectivity index (χ1) is 9.24. The standard InChI is InChI=1S/C13H16BrN3O3/c1-13(2,3)20-12(19)10(16-17-15)11(18)8-5-4-6-9(14)7-8/h4-7,10-11,18H,1-3H3/t10-,11+/m1/s1. The molecule has 20 heavy (non-hydrogen) atoms. The number of aliphatic hydroxyl groups is 1. The number of aliphatic hydroxyl groups excluding tert-OH is 1. The van der Waals surface area contributed by atoms with Crippen molar-refractivity contribution in [2.24, 2.45) is 5.11 Å². The normalized spacial score (nSPS) is 14.1. The average Bonchev–Trinajstić information content (AvgIpc) is 2.33. The van der Waals surface area contributed by atoms with Crippen LogP contribution >= 0.6 is 15.9 Å². The van der Waals surface area contributed by atoms with Crippen molar-refractivity contribution in [3.8, 4) is 0 Å². The summed E-state index contributed by atoms with van der Waals surface area (Å²) in [5.41, 5.74) is 8.30. The first-order valence-corrected chi connectivity index (χ1v) is 6.74. The minimum atomic E-state index is -1.33. The van der Waals surface area contributed by atoms with Gasteiger partial charge in [-0.05, 0) is 44.0 Å². The highest BCUT2D eigenvalue weighted by atomic mass is 79.9. The lowest BCUT2D eigenvalue weighted by Crippen LogP contribution is -2.34. The number of esters is 1. The van der Waals surface area contributed by atoms with Crippen LogP contribution in [0.15, 0.2) is 33.9 Å². The molecule has 1 aromatic carbocycles. The van der Waals surface area contributed by atoms with E-state index in [4.69, 9.17) is 10.3 Å². The van der Waals surface area contributed by atoms with Crippen molar-refractivity contribution in [1.29, 1.82) is 0 Å².